The van der Waals surface area contributed by atoms with Crippen molar-refractivity contribution in [2.45, 2.75) is 51.7 Å². The summed E-state index contributed by atoms with van der Waals surface area (Å²) in [5.41, 5.74) is -0.466. The summed E-state index contributed by atoms with van der Waals surface area (Å²) >= 11 is 0. The van der Waals surface area contributed by atoms with Crippen molar-refractivity contribution >= 4 is 11.9 Å². The number of hydrogen-bond acceptors (Lipinski definition) is 8. The van der Waals surface area contributed by atoms with Crippen LogP contribution in [0, 0.1) is 0 Å². The van der Waals surface area contributed by atoms with E-state index in [1.54, 1.807) is 0 Å². The molecule has 0 aromatic rings. The summed E-state index contributed by atoms with van der Waals surface area (Å²) in [6.45, 7) is 11.5. The first-order valence-electron chi connectivity index (χ1n) is 11.3. The van der Waals surface area contributed by atoms with Crippen LogP contribution in [-0.2, 0) is 28.5 Å². The standard InChI is InChI=1S/C22H43N3O6/c1-22(2,3)31-20(26)8-13-28-15-17-30-18-16-29-14-9-23-21(27)19-7-6-10-25(19)12-11-24(4)5/h19H,6-18H2,1-5H3,(H,23,27). The Balaban J connectivity index is 1.92. The summed E-state index contributed by atoms with van der Waals surface area (Å²) in [4.78, 5) is 28.3. The summed E-state index contributed by atoms with van der Waals surface area (Å²) in [5.74, 6) is -0.164. The number of nitrogens with zero attached hydrogens (tertiary/aromatic N) is 2. The zero-order chi connectivity index (χ0) is 23.1. The Morgan fingerprint density at radius 2 is 1.61 bits per heavy atom. The molecule has 1 N–H and O–H groups in total. The molecule has 1 heterocycles. The van der Waals surface area contributed by atoms with Gasteiger partial charge in [0.05, 0.1) is 52.1 Å². The Bertz CT molecular complexity index is 510. The Kier molecular flexibility index (Phi) is 13.9. The fourth-order valence-electron chi connectivity index (χ4n) is 3.17. The molecule has 1 atom stereocenters. The molecule has 9 nitrogen and oxygen atoms in total. The van der Waals surface area contributed by atoms with Gasteiger partial charge in [0.2, 0.25) is 5.91 Å². The van der Waals surface area contributed by atoms with E-state index in [0.29, 0.717) is 46.2 Å². The maximum absolute atomic E-state index is 12.4. The van der Waals surface area contributed by atoms with Crippen LogP contribution in [0.5, 0.6) is 0 Å². The second-order valence-corrected chi connectivity index (χ2v) is 8.96. The van der Waals surface area contributed by atoms with E-state index in [4.69, 9.17) is 18.9 Å². The number of likely N-dealkylation sites (N-methyl/N-ethyl adjacent to an activating group) is 1. The molecule has 1 aliphatic heterocycles. The van der Waals surface area contributed by atoms with Gasteiger partial charge in [0.1, 0.15) is 5.60 Å². The highest BCUT2D eigenvalue weighted by atomic mass is 16.6. The van der Waals surface area contributed by atoms with Crippen molar-refractivity contribution in [3.8, 4) is 0 Å². The minimum atomic E-state index is -0.466. The fourth-order valence-corrected chi connectivity index (χ4v) is 3.17. The van der Waals surface area contributed by atoms with Crippen LogP contribution in [0.25, 0.3) is 0 Å². The number of carbonyl (C=O) groups excluding carboxylic acids is 2. The number of esters is 1. The third-order valence-corrected chi connectivity index (χ3v) is 4.66. The van der Waals surface area contributed by atoms with Crippen molar-refractivity contribution < 1.29 is 28.5 Å². The molecule has 0 aromatic heterocycles. The molecule has 0 aromatic carbocycles. The van der Waals surface area contributed by atoms with Crippen molar-refractivity contribution in [1.29, 1.82) is 0 Å². The lowest BCUT2D eigenvalue weighted by molar-refractivity contribution is -0.156. The lowest BCUT2D eigenvalue weighted by Gasteiger charge is -2.25. The van der Waals surface area contributed by atoms with Gasteiger partial charge in [-0.05, 0) is 54.3 Å². The molecule has 0 aliphatic carbocycles. The van der Waals surface area contributed by atoms with Crippen molar-refractivity contribution in [1.82, 2.24) is 15.1 Å². The smallest absolute Gasteiger partial charge is 0.308 e. The van der Waals surface area contributed by atoms with Gasteiger partial charge in [-0.3, -0.25) is 14.5 Å². The molecule has 1 unspecified atom stereocenters. The fraction of sp³-hybridized carbons (Fsp3) is 0.909. The van der Waals surface area contributed by atoms with Crippen molar-refractivity contribution in [2.24, 2.45) is 0 Å². The quantitative estimate of drug-likeness (QED) is 0.277. The number of hydrogen-bond donors (Lipinski definition) is 1. The predicted octanol–water partition coefficient (Wildman–Crippen LogP) is 0.910. The number of likely N-dealkylation sites (tertiary alicyclic amines) is 1. The molecule has 0 bridgehead atoms. The maximum Gasteiger partial charge on any atom is 0.308 e. The lowest BCUT2D eigenvalue weighted by Crippen LogP contribution is -2.46. The van der Waals surface area contributed by atoms with Gasteiger partial charge < -0.3 is 29.2 Å². The van der Waals surface area contributed by atoms with Gasteiger partial charge in [0.15, 0.2) is 0 Å². The van der Waals surface area contributed by atoms with Crippen LogP contribution in [0.4, 0.5) is 0 Å². The number of amides is 1. The largest absolute Gasteiger partial charge is 0.460 e. The highest BCUT2D eigenvalue weighted by molar-refractivity contribution is 5.82. The topological polar surface area (TPSA) is 89.6 Å². The first-order valence-corrected chi connectivity index (χ1v) is 11.3. The number of ether oxygens (including phenoxy) is 4. The van der Waals surface area contributed by atoms with E-state index in [-0.39, 0.29) is 24.3 Å². The summed E-state index contributed by atoms with van der Waals surface area (Å²) in [6.07, 6.45) is 2.23. The molecule has 0 saturated carbocycles. The highest BCUT2D eigenvalue weighted by Crippen LogP contribution is 2.16. The van der Waals surface area contributed by atoms with E-state index in [0.717, 1.165) is 32.5 Å². The Morgan fingerprint density at radius 1 is 1.00 bits per heavy atom. The first-order chi connectivity index (χ1) is 14.7. The number of rotatable bonds is 16. The molecule has 1 aliphatic rings. The minimum absolute atomic E-state index is 0.0152. The Morgan fingerprint density at radius 3 is 2.23 bits per heavy atom. The van der Waals surface area contributed by atoms with Crippen LogP contribution in [0.15, 0.2) is 0 Å². The van der Waals surface area contributed by atoms with Gasteiger partial charge >= 0.3 is 5.97 Å². The molecule has 1 amide bonds. The zero-order valence-electron chi connectivity index (χ0n) is 20.1. The van der Waals surface area contributed by atoms with E-state index in [9.17, 15) is 9.59 Å². The molecule has 1 rings (SSSR count). The zero-order valence-corrected chi connectivity index (χ0v) is 20.1. The van der Waals surface area contributed by atoms with E-state index in [2.05, 4.69) is 15.1 Å². The van der Waals surface area contributed by atoms with Gasteiger partial charge in [0, 0.05) is 19.6 Å². The lowest BCUT2D eigenvalue weighted by atomic mass is 10.2. The molecule has 182 valence electrons. The number of nitrogens with one attached hydrogen (secondary N) is 1. The summed E-state index contributed by atoms with van der Waals surface area (Å²) < 4.78 is 21.5. The molecule has 31 heavy (non-hydrogen) atoms. The SMILES string of the molecule is CN(C)CCN1CCCC1C(=O)NCCOCCOCCOCCC(=O)OC(C)(C)C. The van der Waals surface area contributed by atoms with E-state index < -0.39 is 5.60 Å². The monoisotopic (exact) mass is 445 g/mol. The van der Waals surface area contributed by atoms with Crippen molar-refractivity contribution in [2.75, 3.05) is 79.9 Å². The van der Waals surface area contributed by atoms with Gasteiger partial charge in [-0.15, -0.1) is 0 Å². The first kappa shape index (κ1) is 27.8. The average Bonchev–Trinajstić information content (AvgIpc) is 3.14. The van der Waals surface area contributed by atoms with E-state index >= 15 is 0 Å². The van der Waals surface area contributed by atoms with Crippen LogP contribution < -0.4 is 5.32 Å². The molecular formula is C22H43N3O6. The van der Waals surface area contributed by atoms with Gasteiger partial charge in [-0.25, -0.2) is 0 Å². The summed E-state index contributed by atoms with van der Waals surface area (Å²) in [7, 11) is 4.10. The van der Waals surface area contributed by atoms with Crippen LogP contribution in [0.2, 0.25) is 0 Å². The van der Waals surface area contributed by atoms with Crippen LogP contribution in [0.1, 0.15) is 40.0 Å². The Hall–Kier alpha value is -1.26. The Labute approximate surface area is 187 Å². The van der Waals surface area contributed by atoms with Crippen molar-refractivity contribution in [3.63, 3.8) is 0 Å². The molecule has 9 heteroatoms. The predicted molar refractivity (Wildman–Crippen MR) is 119 cm³/mol. The van der Waals surface area contributed by atoms with Crippen LogP contribution in [0.3, 0.4) is 0 Å². The normalized spacial score (nSPS) is 17.3. The molecule has 0 radical (unpaired) electrons. The maximum atomic E-state index is 12.4. The van der Waals surface area contributed by atoms with Gasteiger partial charge in [0.25, 0.3) is 0 Å². The second kappa shape index (κ2) is 15.5. The van der Waals surface area contributed by atoms with E-state index in [1.165, 1.54) is 0 Å². The summed E-state index contributed by atoms with van der Waals surface area (Å²) in [6, 6.07) is -0.0152. The minimum Gasteiger partial charge on any atom is -0.460 e. The highest BCUT2D eigenvalue weighted by Gasteiger charge is 2.29. The molecule has 0 spiro atoms. The van der Waals surface area contributed by atoms with Crippen LogP contribution >= 0.6 is 0 Å². The second-order valence-electron chi connectivity index (χ2n) is 8.96. The number of carbonyl (C=O) groups is 2. The van der Waals surface area contributed by atoms with Crippen molar-refractivity contribution in [3.05, 3.63) is 0 Å². The summed E-state index contributed by atoms with van der Waals surface area (Å²) in [5, 5.41) is 2.97. The van der Waals surface area contributed by atoms with E-state index in [1.807, 2.05) is 34.9 Å². The molecule has 1 saturated heterocycles. The molecular weight excluding hydrogens is 402 g/mol. The van der Waals surface area contributed by atoms with Gasteiger partial charge in [-0.2, -0.15) is 0 Å². The van der Waals surface area contributed by atoms with Gasteiger partial charge in [-0.1, -0.05) is 0 Å². The average molecular weight is 446 g/mol. The van der Waals surface area contributed by atoms with Crippen LogP contribution in [-0.4, -0.2) is 113 Å². The third kappa shape index (κ3) is 14.4. The third-order valence-electron chi connectivity index (χ3n) is 4.66. The molecule has 1 fully saturated rings.